The number of nitriles is 1. The molecule has 0 bridgehead atoms. The summed E-state index contributed by atoms with van der Waals surface area (Å²) in [5.41, 5.74) is 11.8. The first-order chi connectivity index (χ1) is 27.0. The second-order valence-electron chi connectivity index (χ2n) is 14.7. The molecule has 0 fully saturated rings. The largest absolute Gasteiger partial charge is 0.454 e. The molecule has 0 amide bonds. The van der Waals surface area contributed by atoms with Crippen LogP contribution in [0.5, 0.6) is 0 Å². The van der Waals surface area contributed by atoms with Gasteiger partial charge >= 0.3 is 0 Å². The highest BCUT2D eigenvalue weighted by Crippen LogP contribution is 2.54. The van der Waals surface area contributed by atoms with E-state index >= 15 is 0 Å². The topological polar surface area (TPSA) is 80.5 Å². The monoisotopic (exact) mass is 705 g/mol. The number of para-hydroxylation sites is 2. The summed E-state index contributed by atoms with van der Waals surface area (Å²) >= 11 is 0. The van der Waals surface area contributed by atoms with Gasteiger partial charge < -0.3 is 8.98 Å². The molecule has 0 saturated carbocycles. The Kier molecular flexibility index (Phi) is 6.56. The van der Waals surface area contributed by atoms with E-state index in [1.807, 2.05) is 84.9 Å². The van der Waals surface area contributed by atoms with E-state index in [9.17, 15) is 5.26 Å². The molecular formula is C49H31N5O. The summed E-state index contributed by atoms with van der Waals surface area (Å²) in [5.74, 6) is 1.56. The van der Waals surface area contributed by atoms with E-state index in [2.05, 4.69) is 91.2 Å². The Labute approximate surface area is 316 Å². The molecule has 3 aromatic heterocycles. The van der Waals surface area contributed by atoms with Crippen molar-refractivity contribution in [3.63, 3.8) is 0 Å². The molecule has 3 heterocycles. The van der Waals surface area contributed by atoms with Crippen LogP contribution in [0, 0.1) is 11.3 Å². The number of furan rings is 1. The van der Waals surface area contributed by atoms with E-state index in [0.717, 1.165) is 38.3 Å². The van der Waals surface area contributed by atoms with Gasteiger partial charge in [0.25, 0.3) is 0 Å². The van der Waals surface area contributed by atoms with Gasteiger partial charge in [0.1, 0.15) is 17.3 Å². The van der Waals surface area contributed by atoms with Crippen LogP contribution >= 0.6 is 0 Å². The zero-order valence-corrected chi connectivity index (χ0v) is 30.1. The molecule has 0 spiro atoms. The first-order valence-corrected chi connectivity index (χ1v) is 18.4. The standard InChI is InChI=1S/C49H31N5O/c1-49(2)37-22-12-9-19-32(37)33-25-26-39-42(43(33)49)34-20-10-13-23-38(34)54(39)44-31(28-50)27-36(41-35-21-11-14-24-40(35)55-45(41)44)48-52-46(29-15-5-3-6-16-29)51-47(53-48)30-17-7-4-8-18-30/h3-27H,1-2H3. The Hall–Kier alpha value is -7.36. The molecule has 0 saturated heterocycles. The second-order valence-corrected chi connectivity index (χ2v) is 14.7. The van der Waals surface area contributed by atoms with Crippen molar-refractivity contribution >= 4 is 43.7 Å². The molecule has 6 nitrogen and oxygen atoms in total. The number of fused-ring (bicyclic) bond motifs is 10. The summed E-state index contributed by atoms with van der Waals surface area (Å²) in [6, 6.07) is 54.1. The van der Waals surface area contributed by atoms with Crippen LogP contribution in [0.3, 0.4) is 0 Å². The van der Waals surface area contributed by atoms with E-state index in [-0.39, 0.29) is 5.41 Å². The van der Waals surface area contributed by atoms with Crippen molar-refractivity contribution in [2.24, 2.45) is 0 Å². The predicted octanol–water partition coefficient (Wildman–Crippen LogP) is 12.0. The Bertz CT molecular complexity index is 3180. The number of rotatable bonds is 4. The van der Waals surface area contributed by atoms with Crippen LogP contribution in [0.15, 0.2) is 156 Å². The maximum absolute atomic E-state index is 11.1. The molecular weight excluding hydrogens is 675 g/mol. The molecule has 1 aliphatic rings. The molecule has 258 valence electrons. The molecule has 7 aromatic carbocycles. The van der Waals surface area contributed by atoms with Crippen molar-refractivity contribution in [1.82, 2.24) is 19.5 Å². The van der Waals surface area contributed by atoms with Crippen molar-refractivity contribution in [2.75, 3.05) is 0 Å². The number of aromatic nitrogens is 4. The van der Waals surface area contributed by atoms with E-state index in [0.29, 0.717) is 45.5 Å². The summed E-state index contributed by atoms with van der Waals surface area (Å²) in [6.45, 7) is 4.64. The van der Waals surface area contributed by atoms with Gasteiger partial charge in [-0.1, -0.05) is 141 Å². The van der Waals surface area contributed by atoms with Crippen molar-refractivity contribution in [3.05, 3.63) is 168 Å². The lowest BCUT2D eigenvalue weighted by Crippen LogP contribution is -2.15. The van der Waals surface area contributed by atoms with Crippen LogP contribution in [-0.4, -0.2) is 19.5 Å². The normalized spacial score (nSPS) is 13.0. The summed E-state index contributed by atoms with van der Waals surface area (Å²) in [6.07, 6.45) is 0. The third kappa shape index (κ3) is 4.44. The van der Waals surface area contributed by atoms with Gasteiger partial charge in [-0.25, -0.2) is 15.0 Å². The van der Waals surface area contributed by atoms with Crippen molar-refractivity contribution in [3.8, 4) is 57.0 Å². The first kappa shape index (κ1) is 31.2. The van der Waals surface area contributed by atoms with E-state index < -0.39 is 0 Å². The van der Waals surface area contributed by atoms with E-state index in [1.165, 1.54) is 27.6 Å². The first-order valence-electron chi connectivity index (χ1n) is 18.4. The van der Waals surface area contributed by atoms with Gasteiger partial charge in [-0.2, -0.15) is 5.26 Å². The average molecular weight is 706 g/mol. The van der Waals surface area contributed by atoms with Gasteiger partial charge in [-0.15, -0.1) is 0 Å². The highest BCUT2D eigenvalue weighted by atomic mass is 16.3. The van der Waals surface area contributed by atoms with Crippen LogP contribution in [0.4, 0.5) is 0 Å². The van der Waals surface area contributed by atoms with Gasteiger partial charge in [0.05, 0.1) is 16.6 Å². The van der Waals surface area contributed by atoms with Crippen molar-refractivity contribution in [2.45, 2.75) is 19.3 Å². The highest BCUT2D eigenvalue weighted by Gasteiger charge is 2.38. The van der Waals surface area contributed by atoms with Crippen molar-refractivity contribution < 1.29 is 4.42 Å². The van der Waals surface area contributed by atoms with E-state index in [1.54, 1.807) is 0 Å². The van der Waals surface area contributed by atoms with Gasteiger partial charge in [0.15, 0.2) is 23.1 Å². The van der Waals surface area contributed by atoms with Crippen LogP contribution in [-0.2, 0) is 5.41 Å². The highest BCUT2D eigenvalue weighted by molar-refractivity contribution is 6.19. The molecule has 0 radical (unpaired) electrons. The zero-order valence-electron chi connectivity index (χ0n) is 30.1. The maximum Gasteiger partial charge on any atom is 0.164 e. The molecule has 6 heteroatoms. The summed E-state index contributed by atoms with van der Waals surface area (Å²) in [7, 11) is 0. The van der Waals surface area contributed by atoms with Gasteiger partial charge in [0.2, 0.25) is 0 Å². The molecule has 0 atom stereocenters. The number of benzene rings is 7. The Morgan fingerprint density at radius 1 is 0.564 bits per heavy atom. The minimum Gasteiger partial charge on any atom is -0.454 e. The predicted molar refractivity (Wildman–Crippen MR) is 220 cm³/mol. The lowest BCUT2D eigenvalue weighted by atomic mass is 9.80. The van der Waals surface area contributed by atoms with Crippen molar-refractivity contribution in [1.29, 1.82) is 5.26 Å². The molecule has 0 N–H and O–H groups in total. The third-order valence-electron chi connectivity index (χ3n) is 11.3. The zero-order chi connectivity index (χ0) is 36.8. The minimum absolute atomic E-state index is 0.234. The average Bonchev–Trinajstić information content (AvgIpc) is 3.86. The van der Waals surface area contributed by atoms with Crippen LogP contribution in [0.25, 0.3) is 94.7 Å². The van der Waals surface area contributed by atoms with Gasteiger partial charge in [0, 0.05) is 43.7 Å². The third-order valence-corrected chi connectivity index (χ3v) is 11.3. The molecule has 0 aliphatic heterocycles. The number of hydrogen-bond acceptors (Lipinski definition) is 5. The fraction of sp³-hybridized carbons (Fsp3) is 0.0612. The smallest absolute Gasteiger partial charge is 0.164 e. The fourth-order valence-corrected chi connectivity index (χ4v) is 8.87. The fourth-order valence-electron chi connectivity index (χ4n) is 8.87. The quantitative estimate of drug-likeness (QED) is 0.182. The van der Waals surface area contributed by atoms with Gasteiger partial charge in [-0.05, 0) is 46.5 Å². The number of nitrogens with zero attached hydrogens (tertiary/aromatic N) is 5. The second kappa shape index (κ2) is 11.6. The molecule has 1 aliphatic carbocycles. The summed E-state index contributed by atoms with van der Waals surface area (Å²) < 4.78 is 9.11. The van der Waals surface area contributed by atoms with Crippen LogP contribution in [0.2, 0.25) is 0 Å². The Morgan fingerprint density at radius 3 is 1.91 bits per heavy atom. The lowest BCUT2D eigenvalue weighted by Gasteiger charge is -2.22. The van der Waals surface area contributed by atoms with Crippen LogP contribution in [0.1, 0.15) is 30.5 Å². The molecule has 10 aromatic rings. The Balaban J connectivity index is 1.26. The van der Waals surface area contributed by atoms with E-state index in [4.69, 9.17) is 19.4 Å². The molecule has 11 rings (SSSR count). The Morgan fingerprint density at radius 2 is 1.18 bits per heavy atom. The van der Waals surface area contributed by atoms with Gasteiger partial charge in [-0.3, -0.25) is 0 Å². The maximum atomic E-state index is 11.1. The van der Waals surface area contributed by atoms with Crippen LogP contribution < -0.4 is 0 Å². The lowest BCUT2D eigenvalue weighted by molar-refractivity contribution is 0.665. The summed E-state index contributed by atoms with van der Waals surface area (Å²) in [4.78, 5) is 15.1. The number of hydrogen-bond donors (Lipinski definition) is 0. The summed E-state index contributed by atoms with van der Waals surface area (Å²) in [5, 5.41) is 15.2. The molecule has 55 heavy (non-hydrogen) atoms. The molecule has 0 unspecified atom stereocenters. The minimum atomic E-state index is -0.234. The SMILES string of the molecule is CC1(C)c2ccccc2-c2ccc3c(c21)c1ccccc1n3-c1c(C#N)cc(-c2nc(-c3ccccc3)nc(-c3ccccc3)n2)c2c1oc1ccccc12.